The average molecular weight is 258 g/mol. The first kappa shape index (κ1) is 12.7. The quantitative estimate of drug-likeness (QED) is 0.901. The second-order valence-corrected chi connectivity index (χ2v) is 5.86. The van der Waals surface area contributed by atoms with Gasteiger partial charge in [0, 0.05) is 12.0 Å². The molecule has 2 aliphatic rings. The van der Waals surface area contributed by atoms with E-state index in [0.717, 1.165) is 43.7 Å². The van der Waals surface area contributed by atoms with E-state index < -0.39 is 0 Å². The fourth-order valence-corrected chi connectivity index (χ4v) is 3.04. The van der Waals surface area contributed by atoms with Crippen LogP contribution < -0.4 is 5.73 Å². The van der Waals surface area contributed by atoms with Crippen molar-refractivity contribution in [2.45, 2.75) is 51.2 Å². The highest BCUT2D eigenvalue weighted by Crippen LogP contribution is 2.36. The van der Waals surface area contributed by atoms with E-state index in [0.29, 0.717) is 18.1 Å². The third-order valence-corrected chi connectivity index (χ3v) is 4.06. The van der Waals surface area contributed by atoms with Crippen LogP contribution in [0.25, 0.3) is 0 Å². The van der Waals surface area contributed by atoms with Gasteiger partial charge in [-0.25, -0.2) is 4.99 Å². The number of hydrogen-bond donors (Lipinski definition) is 1. The predicted octanol–water partition coefficient (Wildman–Crippen LogP) is 3.20. The van der Waals surface area contributed by atoms with Crippen LogP contribution in [0.4, 0.5) is 5.69 Å². The summed E-state index contributed by atoms with van der Waals surface area (Å²) < 4.78 is 6.01. The van der Waals surface area contributed by atoms with E-state index in [2.05, 4.69) is 30.1 Å². The molecule has 0 spiro atoms. The van der Waals surface area contributed by atoms with Gasteiger partial charge in [0.1, 0.15) is 6.10 Å². The summed E-state index contributed by atoms with van der Waals surface area (Å²) in [6.07, 6.45) is 5.88. The number of fused-ring (bicyclic) bond motifs is 2. The first-order valence-corrected chi connectivity index (χ1v) is 7.31. The molecule has 0 aromatic heterocycles. The van der Waals surface area contributed by atoms with Crippen LogP contribution in [0.3, 0.4) is 0 Å². The molecule has 2 N–H and O–H groups in total. The maximum Gasteiger partial charge on any atom is 0.192 e. The Kier molecular flexibility index (Phi) is 3.56. The lowest BCUT2D eigenvalue weighted by Gasteiger charge is -2.16. The zero-order valence-corrected chi connectivity index (χ0v) is 11.5. The van der Waals surface area contributed by atoms with E-state index >= 15 is 0 Å². The second kappa shape index (κ2) is 5.33. The Hall–Kier alpha value is -1.35. The van der Waals surface area contributed by atoms with Crippen molar-refractivity contribution in [3.63, 3.8) is 0 Å². The van der Waals surface area contributed by atoms with Gasteiger partial charge in [-0.1, -0.05) is 18.2 Å². The van der Waals surface area contributed by atoms with E-state index in [1.807, 2.05) is 6.07 Å². The summed E-state index contributed by atoms with van der Waals surface area (Å²) in [6, 6.07) is 8.68. The Balaban J connectivity index is 1.62. The number of nitrogens with zero attached hydrogens (tertiary/aromatic N) is 1. The number of rotatable bonds is 4. The molecule has 0 radical (unpaired) electrons. The van der Waals surface area contributed by atoms with Gasteiger partial charge in [-0.15, -0.1) is 0 Å². The monoisotopic (exact) mass is 258 g/mol. The van der Waals surface area contributed by atoms with E-state index in [4.69, 9.17) is 10.5 Å². The number of aliphatic imine (C=N–C) groups is 1. The van der Waals surface area contributed by atoms with Crippen molar-refractivity contribution < 1.29 is 4.74 Å². The van der Waals surface area contributed by atoms with Gasteiger partial charge in [0.25, 0.3) is 0 Å². The molecule has 0 bridgehead atoms. The van der Waals surface area contributed by atoms with Gasteiger partial charge in [0.05, 0.1) is 5.69 Å². The van der Waals surface area contributed by atoms with Gasteiger partial charge in [-0.05, 0) is 50.7 Å². The maximum atomic E-state index is 6.01. The fraction of sp³-hybridized carbons (Fsp3) is 0.562. The minimum absolute atomic E-state index is 0.297. The molecular weight excluding hydrogens is 236 g/mol. The summed E-state index contributed by atoms with van der Waals surface area (Å²) >= 11 is 0. The summed E-state index contributed by atoms with van der Waals surface area (Å²) in [7, 11) is 0. The molecule has 0 saturated carbocycles. The van der Waals surface area contributed by atoms with Gasteiger partial charge in [-0.3, -0.25) is 0 Å². The molecule has 3 rings (SSSR count). The van der Waals surface area contributed by atoms with Crippen LogP contribution in [0.5, 0.6) is 0 Å². The minimum atomic E-state index is 0.297. The largest absolute Gasteiger partial charge is 0.477 e. The molecule has 1 aromatic carbocycles. The van der Waals surface area contributed by atoms with Gasteiger partial charge in [0.2, 0.25) is 0 Å². The number of nitrogens with two attached hydrogens (primary N) is 1. The Bertz CT molecular complexity index is 481. The number of ether oxygens (including phenoxy) is 1. The summed E-state index contributed by atoms with van der Waals surface area (Å²) in [5.41, 5.74) is 8.23. The van der Waals surface area contributed by atoms with Crippen molar-refractivity contribution in [3.8, 4) is 0 Å². The van der Waals surface area contributed by atoms with Gasteiger partial charge in [0.15, 0.2) is 5.90 Å². The van der Waals surface area contributed by atoms with E-state index in [1.54, 1.807) is 0 Å². The highest BCUT2D eigenvalue weighted by molar-refractivity contribution is 5.86. The normalized spacial score (nSPS) is 26.1. The van der Waals surface area contributed by atoms with Crippen LogP contribution in [0.15, 0.2) is 29.3 Å². The molecule has 3 atom stereocenters. The smallest absolute Gasteiger partial charge is 0.192 e. The van der Waals surface area contributed by atoms with Gasteiger partial charge >= 0.3 is 0 Å². The van der Waals surface area contributed by atoms with Crippen LogP contribution in [0.2, 0.25) is 0 Å². The van der Waals surface area contributed by atoms with Crippen molar-refractivity contribution in [1.82, 2.24) is 0 Å². The zero-order chi connectivity index (χ0) is 13.2. The third-order valence-electron chi connectivity index (χ3n) is 4.06. The first-order chi connectivity index (χ1) is 9.22. The number of para-hydroxylation sites is 1. The zero-order valence-electron chi connectivity index (χ0n) is 11.5. The van der Waals surface area contributed by atoms with Crippen molar-refractivity contribution in [1.29, 1.82) is 0 Å². The molecule has 0 aliphatic carbocycles. The standard InChI is InChI=1S/C16H22N2O/c1-11(17)5-4-7-14-10-13-9-12-6-2-3-8-15(12)18-16(13)19-14/h2-3,6,8,11,13-14H,4-5,7,9-10,17H2,1H3. The van der Waals surface area contributed by atoms with Crippen LogP contribution in [0, 0.1) is 5.92 Å². The SMILES string of the molecule is CC(N)CCCC1CC2Cc3ccccc3N=C2O1. The van der Waals surface area contributed by atoms with Crippen molar-refractivity contribution in [2.24, 2.45) is 16.6 Å². The lowest BCUT2D eigenvalue weighted by molar-refractivity contribution is 0.201. The highest BCUT2D eigenvalue weighted by Gasteiger charge is 2.35. The van der Waals surface area contributed by atoms with Crippen molar-refractivity contribution in [3.05, 3.63) is 29.8 Å². The number of benzene rings is 1. The van der Waals surface area contributed by atoms with E-state index in [-0.39, 0.29) is 0 Å². The molecule has 1 fully saturated rings. The first-order valence-electron chi connectivity index (χ1n) is 7.31. The van der Waals surface area contributed by atoms with Gasteiger partial charge in [-0.2, -0.15) is 0 Å². The predicted molar refractivity (Wildman–Crippen MR) is 77.7 cm³/mol. The summed E-state index contributed by atoms with van der Waals surface area (Å²) in [6.45, 7) is 2.07. The van der Waals surface area contributed by atoms with Crippen LogP contribution >= 0.6 is 0 Å². The molecule has 1 saturated heterocycles. The second-order valence-electron chi connectivity index (χ2n) is 5.86. The van der Waals surface area contributed by atoms with E-state index in [1.165, 1.54) is 5.56 Å². The summed E-state index contributed by atoms with van der Waals surface area (Å²) in [5.74, 6) is 1.46. The van der Waals surface area contributed by atoms with Crippen molar-refractivity contribution in [2.75, 3.05) is 0 Å². The Labute approximate surface area is 114 Å². The molecule has 1 aromatic rings. The van der Waals surface area contributed by atoms with Crippen molar-refractivity contribution >= 4 is 11.6 Å². The summed E-state index contributed by atoms with van der Waals surface area (Å²) in [4.78, 5) is 4.67. The molecule has 0 amide bonds. The average Bonchev–Trinajstić information content (AvgIpc) is 2.77. The molecule has 3 unspecified atom stereocenters. The lowest BCUT2D eigenvalue weighted by atomic mass is 9.91. The highest BCUT2D eigenvalue weighted by atomic mass is 16.5. The van der Waals surface area contributed by atoms with Gasteiger partial charge < -0.3 is 10.5 Å². The Morgan fingerprint density at radius 2 is 2.26 bits per heavy atom. The molecule has 2 aliphatic heterocycles. The maximum absolute atomic E-state index is 6.01. The topological polar surface area (TPSA) is 47.6 Å². The lowest BCUT2D eigenvalue weighted by Crippen LogP contribution is -2.15. The number of hydrogen-bond acceptors (Lipinski definition) is 3. The minimum Gasteiger partial charge on any atom is -0.477 e. The molecule has 2 heterocycles. The third kappa shape index (κ3) is 2.81. The van der Waals surface area contributed by atoms with Crippen LogP contribution in [-0.4, -0.2) is 18.0 Å². The Morgan fingerprint density at radius 3 is 3.11 bits per heavy atom. The Morgan fingerprint density at radius 1 is 1.42 bits per heavy atom. The molecule has 19 heavy (non-hydrogen) atoms. The fourth-order valence-electron chi connectivity index (χ4n) is 3.04. The molecule has 102 valence electrons. The molecular formula is C16H22N2O. The van der Waals surface area contributed by atoms with E-state index in [9.17, 15) is 0 Å². The van der Waals surface area contributed by atoms with Crippen LogP contribution in [-0.2, 0) is 11.2 Å². The summed E-state index contributed by atoms with van der Waals surface area (Å²) in [5, 5.41) is 0. The van der Waals surface area contributed by atoms with Crippen LogP contribution in [0.1, 0.15) is 38.2 Å². The molecule has 3 heteroatoms. The molecule has 3 nitrogen and oxygen atoms in total.